The van der Waals surface area contributed by atoms with Gasteiger partial charge in [-0.05, 0) is 6.92 Å². The molecule has 3 N–H and O–H groups in total. The number of aromatic nitrogens is 1. The van der Waals surface area contributed by atoms with E-state index in [9.17, 15) is 0 Å². The lowest BCUT2D eigenvalue weighted by Crippen LogP contribution is -2.07. The standard InChI is InChI=1S/C7H11N3O/c1-4(8)7-10-5-2-9-3-6(5)11-7/h4,9H,2-3,8H2,1H3. The number of nitrogens with zero attached hydrogens (tertiary/aromatic N) is 1. The summed E-state index contributed by atoms with van der Waals surface area (Å²) in [4.78, 5) is 4.24. The Morgan fingerprint density at radius 2 is 2.45 bits per heavy atom. The van der Waals surface area contributed by atoms with Gasteiger partial charge in [-0.25, -0.2) is 4.98 Å². The molecule has 4 nitrogen and oxygen atoms in total. The van der Waals surface area contributed by atoms with E-state index in [1.54, 1.807) is 0 Å². The number of nitrogens with two attached hydrogens (primary N) is 1. The number of nitrogens with one attached hydrogen (secondary N) is 1. The Hall–Kier alpha value is -0.870. The predicted octanol–water partition coefficient (Wildman–Crippen LogP) is 0.297. The predicted molar refractivity (Wildman–Crippen MR) is 39.6 cm³/mol. The average Bonchev–Trinajstić information content (AvgIpc) is 2.40. The van der Waals surface area contributed by atoms with E-state index in [-0.39, 0.29) is 6.04 Å². The van der Waals surface area contributed by atoms with Crippen LogP contribution in [0.1, 0.15) is 30.3 Å². The van der Waals surface area contributed by atoms with Gasteiger partial charge in [0, 0.05) is 6.54 Å². The first-order chi connectivity index (χ1) is 5.27. The lowest BCUT2D eigenvalue weighted by molar-refractivity contribution is 0.425. The highest BCUT2D eigenvalue weighted by Gasteiger charge is 2.19. The van der Waals surface area contributed by atoms with Crippen LogP contribution >= 0.6 is 0 Å². The third kappa shape index (κ3) is 1.04. The van der Waals surface area contributed by atoms with Gasteiger partial charge in [-0.1, -0.05) is 0 Å². The van der Waals surface area contributed by atoms with E-state index < -0.39 is 0 Å². The maximum Gasteiger partial charge on any atom is 0.211 e. The van der Waals surface area contributed by atoms with E-state index in [0.717, 1.165) is 24.5 Å². The largest absolute Gasteiger partial charge is 0.442 e. The molecule has 1 atom stereocenters. The third-order valence-corrected chi connectivity index (χ3v) is 1.76. The summed E-state index contributed by atoms with van der Waals surface area (Å²) in [5.41, 5.74) is 6.61. The molecule has 4 heteroatoms. The molecule has 0 amide bonds. The lowest BCUT2D eigenvalue weighted by atomic mass is 10.4. The number of rotatable bonds is 1. The molecule has 1 unspecified atom stereocenters. The zero-order chi connectivity index (χ0) is 7.84. The minimum atomic E-state index is -0.0967. The van der Waals surface area contributed by atoms with Crippen molar-refractivity contribution in [3.63, 3.8) is 0 Å². The molecule has 0 saturated carbocycles. The number of hydrogen-bond donors (Lipinski definition) is 2. The van der Waals surface area contributed by atoms with Crippen molar-refractivity contribution in [1.29, 1.82) is 0 Å². The smallest absolute Gasteiger partial charge is 0.211 e. The summed E-state index contributed by atoms with van der Waals surface area (Å²) in [7, 11) is 0. The molecule has 0 bridgehead atoms. The molecule has 11 heavy (non-hydrogen) atoms. The summed E-state index contributed by atoms with van der Waals surface area (Å²) in [5, 5.41) is 3.14. The molecule has 2 rings (SSSR count). The molecule has 0 radical (unpaired) electrons. The Balaban J connectivity index is 2.34. The topological polar surface area (TPSA) is 64.1 Å². The van der Waals surface area contributed by atoms with Crippen molar-refractivity contribution in [2.24, 2.45) is 5.73 Å². The van der Waals surface area contributed by atoms with Crippen LogP contribution in [0.3, 0.4) is 0 Å². The summed E-state index contributed by atoms with van der Waals surface area (Å²) in [6.07, 6.45) is 0. The minimum absolute atomic E-state index is 0.0967. The first kappa shape index (κ1) is 6.82. The number of fused-ring (bicyclic) bond motifs is 1. The van der Waals surface area contributed by atoms with Gasteiger partial charge in [-0.15, -0.1) is 0 Å². The summed E-state index contributed by atoms with van der Waals surface area (Å²) in [6, 6.07) is -0.0967. The van der Waals surface area contributed by atoms with Crippen molar-refractivity contribution in [3.05, 3.63) is 17.3 Å². The van der Waals surface area contributed by atoms with Gasteiger partial charge in [0.2, 0.25) is 5.89 Å². The monoisotopic (exact) mass is 153 g/mol. The Labute approximate surface area is 64.8 Å². The molecular formula is C7H11N3O. The Kier molecular flexibility index (Phi) is 1.44. The average molecular weight is 153 g/mol. The Morgan fingerprint density at radius 1 is 1.64 bits per heavy atom. The Bertz CT molecular complexity index is 245. The van der Waals surface area contributed by atoms with E-state index >= 15 is 0 Å². The van der Waals surface area contributed by atoms with E-state index in [0.29, 0.717) is 5.89 Å². The van der Waals surface area contributed by atoms with Gasteiger partial charge in [-0.2, -0.15) is 0 Å². The highest BCUT2D eigenvalue weighted by atomic mass is 16.4. The molecule has 0 aliphatic carbocycles. The molecule has 2 heterocycles. The second kappa shape index (κ2) is 2.32. The van der Waals surface area contributed by atoms with E-state index in [4.69, 9.17) is 10.2 Å². The Morgan fingerprint density at radius 3 is 3.09 bits per heavy atom. The van der Waals surface area contributed by atoms with Crippen LogP contribution in [0.2, 0.25) is 0 Å². The fourth-order valence-electron chi connectivity index (χ4n) is 1.17. The van der Waals surface area contributed by atoms with Crippen LogP contribution in [0.4, 0.5) is 0 Å². The van der Waals surface area contributed by atoms with Crippen molar-refractivity contribution >= 4 is 0 Å². The van der Waals surface area contributed by atoms with E-state index in [1.165, 1.54) is 0 Å². The fourth-order valence-corrected chi connectivity index (χ4v) is 1.17. The summed E-state index contributed by atoms with van der Waals surface area (Å²) >= 11 is 0. The summed E-state index contributed by atoms with van der Waals surface area (Å²) in [5.74, 6) is 1.59. The molecule has 1 aromatic rings. The second-order valence-electron chi connectivity index (χ2n) is 2.81. The van der Waals surface area contributed by atoms with Crippen molar-refractivity contribution in [1.82, 2.24) is 10.3 Å². The van der Waals surface area contributed by atoms with Crippen LogP contribution in [0.5, 0.6) is 0 Å². The van der Waals surface area contributed by atoms with Gasteiger partial charge in [0.15, 0.2) is 0 Å². The van der Waals surface area contributed by atoms with Gasteiger partial charge in [-0.3, -0.25) is 0 Å². The highest BCUT2D eigenvalue weighted by Crippen LogP contribution is 2.18. The van der Waals surface area contributed by atoms with Gasteiger partial charge in [0.05, 0.1) is 18.3 Å². The maximum atomic E-state index is 5.60. The van der Waals surface area contributed by atoms with Crippen LogP contribution in [-0.2, 0) is 13.1 Å². The molecule has 0 fully saturated rings. The molecule has 0 spiro atoms. The van der Waals surface area contributed by atoms with Gasteiger partial charge in [0.1, 0.15) is 5.76 Å². The molecule has 1 aliphatic rings. The second-order valence-corrected chi connectivity index (χ2v) is 2.81. The molecule has 1 aromatic heterocycles. The van der Waals surface area contributed by atoms with Crippen LogP contribution in [-0.4, -0.2) is 4.98 Å². The van der Waals surface area contributed by atoms with Crippen molar-refractivity contribution in [2.45, 2.75) is 26.1 Å². The molecule has 0 aromatic carbocycles. The number of hydrogen-bond acceptors (Lipinski definition) is 4. The lowest BCUT2D eigenvalue weighted by Gasteiger charge is -1.97. The van der Waals surface area contributed by atoms with Crippen LogP contribution in [0.25, 0.3) is 0 Å². The number of oxazole rings is 1. The van der Waals surface area contributed by atoms with Gasteiger partial charge < -0.3 is 15.5 Å². The summed E-state index contributed by atoms with van der Waals surface area (Å²) < 4.78 is 5.39. The van der Waals surface area contributed by atoms with Crippen molar-refractivity contribution in [3.8, 4) is 0 Å². The highest BCUT2D eigenvalue weighted by molar-refractivity contribution is 5.14. The fraction of sp³-hybridized carbons (Fsp3) is 0.571. The van der Waals surface area contributed by atoms with Crippen LogP contribution in [0.15, 0.2) is 4.42 Å². The third-order valence-electron chi connectivity index (χ3n) is 1.76. The van der Waals surface area contributed by atoms with Crippen LogP contribution in [0, 0.1) is 0 Å². The quantitative estimate of drug-likeness (QED) is 0.609. The van der Waals surface area contributed by atoms with Gasteiger partial charge >= 0.3 is 0 Å². The van der Waals surface area contributed by atoms with E-state index in [1.807, 2.05) is 6.92 Å². The minimum Gasteiger partial charge on any atom is -0.442 e. The maximum absolute atomic E-state index is 5.60. The SMILES string of the molecule is CC(N)c1nc2c(o1)CNC2. The first-order valence-electron chi connectivity index (χ1n) is 3.72. The molecule has 1 aliphatic heterocycles. The van der Waals surface area contributed by atoms with Crippen molar-refractivity contribution < 1.29 is 4.42 Å². The van der Waals surface area contributed by atoms with Crippen molar-refractivity contribution in [2.75, 3.05) is 0 Å². The zero-order valence-electron chi connectivity index (χ0n) is 6.42. The zero-order valence-corrected chi connectivity index (χ0v) is 6.42. The summed E-state index contributed by atoms with van der Waals surface area (Å²) in [6.45, 7) is 3.47. The van der Waals surface area contributed by atoms with Gasteiger partial charge in [0.25, 0.3) is 0 Å². The molecule has 60 valence electrons. The molecular weight excluding hydrogens is 142 g/mol. The normalized spacial score (nSPS) is 18.4. The van der Waals surface area contributed by atoms with E-state index in [2.05, 4.69) is 10.3 Å². The first-order valence-corrected chi connectivity index (χ1v) is 3.72. The van der Waals surface area contributed by atoms with Crippen LogP contribution < -0.4 is 11.1 Å². The molecule has 0 saturated heterocycles.